The molecule has 2 heteroatoms. The van der Waals surface area contributed by atoms with E-state index in [1.807, 2.05) is 0 Å². The molecule has 0 amide bonds. The van der Waals surface area contributed by atoms with Gasteiger partial charge in [-0.05, 0) is 12.8 Å². The van der Waals surface area contributed by atoms with Crippen molar-refractivity contribution < 1.29 is 4.74 Å². The van der Waals surface area contributed by atoms with E-state index in [2.05, 4.69) is 20.8 Å². The monoisotopic (exact) mass is 146 g/mol. The Balaban J connectivity index is 3.06. The van der Waals surface area contributed by atoms with Crippen molar-refractivity contribution in [1.82, 2.24) is 0 Å². The molecule has 0 aliphatic heterocycles. The van der Waals surface area contributed by atoms with E-state index in [0.717, 1.165) is 22.8 Å². The summed E-state index contributed by atoms with van der Waals surface area (Å²) in [5.41, 5.74) is 0.527. The summed E-state index contributed by atoms with van der Waals surface area (Å²) in [4.78, 5) is 0. The van der Waals surface area contributed by atoms with Crippen LogP contribution in [0, 0.1) is 5.92 Å². The molecule has 0 rings (SSSR count). The SMILES string of the molecule is CCC(C)COC(C)[SiH3]. The molecule has 0 aliphatic carbocycles. The fourth-order valence-corrected chi connectivity index (χ4v) is 0.667. The second kappa shape index (κ2) is 5.00. The van der Waals surface area contributed by atoms with Crippen molar-refractivity contribution >= 4 is 10.2 Å². The lowest BCUT2D eigenvalue weighted by molar-refractivity contribution is 0.0895. The van der Waals surface area contributed by atoms with Gasteiger partial charge in [-0.25, -0.2) is 0 Å². The maximum absolute atomic E-state index is 5.46. The lowest BCUT2D eigenvalue weighted by Crippen LogP contribution is -2.13. The third kappa shape index (κ3) is 6.06. The van der Waals surface area contributed by atoms with E-state index in [9.17, 15) is 0 Å². The van der Waals surface area contributed by atoms with Gasteiger partial charge in [-0.3, -0.25) is 0 Å². The minimum atomic E-state index is 0.527. The Hall–Kier alpha value is 0.177. The molecule has 0 saturated heterocycles. The van der Waals surface area contributed by atoms with Crippen molar-refractivity contribution in [3.8, 4) is 0 Å². The van der Waals surface area contributed by atoms with Gasteiger partial charge in [0.05, 0.1) is 0 Å². The van der Waals surface area contributed by atoms with Crippen LogP contribution in [0.3, 0.4) is 0 Å². The Morgan fingerprint density at radius 3 is 2.33 bits per heavy atom. The number of hydrogen-bond acceptors (Lipinski definition) is 1. The van der Waals surface area contributed by atoms with Crippen LogP contribution in [0.15, 0.2) is 0 Å². The molecular weight excluding hydrogens is 128 g/mol. The van der Waals surface area contributed by atoms with Gasteiger partial charge in [0.25, 0.3) is 0 Å². The summed E-state index contributed by atoms with van der Waals surface area (Å²) in [5, 5.41) is 0. The second-order valence-corrected chi connectivity index (χ2v) is 4.52. The first-order chi connectivity index (χ1) is 4.16. The van der Waals surface area contributed by atoms with Gasteiger partial charge >= 0.3 is 0 Å². The maximum Gasteiger partial charge on any atom is 0.0490 e. The zero-order chi connectivity index (χ0) is 7.28. The van der Waals surface area contributed by atoms with E-state index in [-0.39, 0.29) is 0 Å². The second-order valence-electron chi connectivity index (χ2n) is 2.90. The predicted molar refractivity (Wildman–Crippen MR) is 44.8 cm³/mol. The minimum Gasteiger partial charge on any atom is -0.383 e. The zero-order valence-electron chi connectivity index (χ0n) is 6.98. The third-order valence-electron chi connectivity index (χ3n) is 1.41. The highest BCUT2D eigenvalue weighted by molar-refractivity contribution is 6.10. The average molecular weight is 146 g/mol. The molecule has 0 aromatic heterocycles. The molecule has 0 bridgehead atoms. The Kier molecular flexibility index (Phi) is 5.10. The van der Waals surface area contributed by atoms with Crippen molar-refractivity contribution in [1.29, 1.82) is 0 Å². The molecule has 1 nitrogen and oxygen atoms in total. The Labute approximate surface area is 61.2 Å². The number of hydrogen-bond donors (Lipinski definition) is 0. The molecule has 0 heterocycles. The summed E-state index contributed by atoms with van der Waals surface area (Å²) in [6, 6.07) is 0. The molecule has 9 heavy (non-hydrogen) atoms. The van der Waals surface area contributed by atoms with E-state index < -0.39 is 0 Å². The van der Waals surface area contributed by atoms with Gasteiger partial charge in [0.2, 0.25) is 0 Å². The van der Waals surface area contributed by atoms with Crippen molar-refractivity contribution in [2.75, 3.05) is 6.61 Å². The van der Waals surface area contributed by atoms with E-state index in [4.69, 9.17) is 4.74 Å². The molecule has 0 radical (unpaired) electrons. The van der Waals surface area contributed by atoms with Crippen LogP contribution in [-0.4, -0.2) is 22.6 Å². The van der Waals surface area contributed by atoms with Gasteiger partial charge in [-0.15, -0.1) is 0 Å². The first-order valence-corrected chi connectivity index (χ1v) is 4.93. The topological polar surface area (TPSA) is 9.23 Å². The summed E-state index contributed by atoms with van der Waals surface area (Å²) < 4.78 is 5.46. The molecule has 0 aromatic rings. The van der Waals surface area contributed by atoms with E-state index in [1.54, 1.807) is 0 Å². The molecule has 0 aliphatic rings. The quantitative estimate of drug-likeness (QED) is 0.532. The van der Waals surface area contributed by atoms with Gasteiger partial charge in [0.1, 0.15) is 0 Å². The van der Waals surface area contributed by atoms with E-state index in [0.29, 0.717) is 5.73 Å². The van der Waals surface area contributed by atoms with Crippen LogP contribution in [0.2, 0.25) is 0 Å². The van der Waals surface area contributed by atoms with Gasteiger partial charge in [-0.2, -0.15) is 0 Å². The van der Waals surface area contributed by atoms with E-state index in [1.165, 1.54) is 6.42 Å². The Morgan fingerprint density at radius 2 is 2.00 bits per heavy atom. The molecule has 2 unspecified atom stereocenters. The molecule has 0 saturated carbocycles. The highest BCUT2D eigenvalue weighted by Gasteiger charge is 1.99. The van der Waals surface area contributed by atoms with Crippen LogP contribution in [0.1, 0.15) is 27.2 Å². The van der Waals surface area contributed by atoms with Crippen LogP contribution in [-0.2, 0) is 4.74 Å². The predicted octanol–water partition coefficient (Wildman–Crippen LogP) is 0.760. The smallest absolute Gasteiger partial charge is 0.0490 e. The van der Waals surface area contributed by atoms with E-state index >= 15 is 0 Å². The van der Waals surface area contributed by atoms with Gasteiger partial charge in [0, 0.05) is 22.6 Å². The van der Waals surface area contributed by atoms with Crippen molar-refractivity contribution in [3.63, 3.8) is 0 Å². The molecule has 0 N–H and O–H groups in total. The largest absolute Gasteiger partial charge is 0.383 e. The highest BCUT2D eigenvalue weighted by atomic mass is 28.1. The normalized spacial score (nSPS) is 17.7. The van der Waals surface area contributed by atoms with Crippen LogP contribution in [0.4, 0.5) is 0 Å². The highest BCUT2D eigenvalue weighted by Crippen LogP contribution is 2.01. The number of ether oxygens (including phenoxy) is 1. The van der Waals surface area contributed by atoms with Crippen LogP contribution < -0.4 is 0 Å². The zero-order valence-corrected chi connectivity index (χ0v) is 8.98. The molecule has 0 aromatic carbocycles. The Bertz CT molecular complexity index is 63.9. The van der Waals surface area contributed by atoms with Gasteiger partial charge in [-0.1, -0.05) is 20.3 Å². The molecular formula is C7H18OSi. The first kappa shape index (κ1) is 9.18. The van der Waals surface area contributed by atoms with Gasteiger partial charge in [0.15, 0.2) is 0 Å². The summed E-state index contributed by atoms with van der Waals surface area (Å²) in [6.45, 7) is 7.51. The van der Waals surface area contributed by atoms with Crippen LogP contribution >= 0.6 is 0 Å². The third-order valence-corrected chi connectivity index (χ3v) is 1.74. The maximum atomic E-state index is 5.46. The average Bonchev–Trinajstić information content (AvgIpc) is 1.83. The fourth-order valence-electron chi connectivity index (χ4n) is 0.475. The van der Waals surface area contributed by atoms with Crippen molar-refractivity contribution in [2.45, 2.75) is 32.9 Å². The summed E-state index contributed by atoms with van der Waals surface area (Å²) in [7, 11) is 1.15. The van der Waals surface area contributed by atoms with Gasteiger partial charge < -0.3 is 4.74 Å². The van der Waals surface area contributed by atoms with Crippen molar-refractivity contribution in [2.24, 2.45) is 5.92 Å². The number of rotatable bonds is 4. The summed E-state index contributed by atoms with van der Waals surface area (Å²) in [5.74, 6) is 0.737. The molecule has 56 valence electrons. The Morgan fingerprint density at radius 1 is 1.44 bits per heavy atom. The fraction of sp³-hybridized carbons (Fsp3) is 1.00. The minimum absolute atomic E-state index is 0.527. The molecule has 0 fully saturated rings. The van der Waals surface area contributed by atoms with Crippen molar-refractivity contribution in [3.05, 3.63) is 0 Å². The molecule has 0 spiro atoms. The summed E-state index contributed by atoms with van der Waals surface area (Å²) >= 11 is 0. The molecule has 2 atom stereocenters. The van der Waals surface area contributed by atoms with Crippen LogP contribution in [0.25, 0.3) is 0 Å². The first-order valence-electron chi connectivity index (χ1n) is 3.78. The summed E-state index contributed by atoms with van der Waals surface area (Å²) in [6.07, 6.45) is 1.23. The standard InChI is InChI=1S/C7H18OSi/c1-4-6(2)5-8-7(3)9/h6-7H,4-5H2,1-3,9H3. The lowest BCUT2D eigenvalue weighted by Gasteiger charge is -2.11. The lowest BCUT2D eigenvalue weighted by atomic mass is 10.1. The van der Waals surface area contributed by atoms with Crippen LogP contribution in [0.5, 0.6) is 0 Å².